The van der Waals surface area contributed by atoms with Crippen LogP contribution < -0.4 is 15.0 Å². The summed E-state index contributed by atoms with van der Waals surface area (Å²) in [5, 5.41) is 23.2. The number of amides is 3. The maximum atomic E-state index is 15.3. The molecule has 2 atom stereocenters. The fraction of sp³-hybridized carbons (Fsp3) is 0.258. The monoisotopic (exact) mass is 602 g/mol. The molecule has 3 amide bonds. The first kappa shape index (κ1) is 30.0. The van der Waals surface area contributed by atoms with Crippen molar-refractivity contribution in [3.63, 3.8) is 0 Å². The van der Waals surface area contributed by atoms with Gasteiger partial charge in [-0.15, -0.1) is 5.10 Å². The molecule has 1 aromatic heterocycles. The van der Waals surface area contributed by atoms with Crippen LogP contribution >= 0.6 is 0 Å². The van der Waals surface area contributed by atoms with Crippen molar-refractivity contribution in [1.29, 1.82) is 0 Å². The fourth-order valence-electron chi connectivity index (χ4n) is 5.04. The highest BCUT2D eigenvalue weighted by atomic mass is 19.1. The average Bonchev–Trinajstić information content (AvgIpc) is 3.68. The Balaban J connectivity index is 1.31. The maximum Gasteiger partial charge on any atom is 0.414 e. The minimum Gasteiger partial charge on any atom is -0.497 e. The highest BCUT2D eigenvalue weighted by molar-refractivity contribution is 5.90. The lowest BCUT2D eigenvalue weighted by atomic mass is 10.00. The molecule has 2 unspecified atom stereocenters. The van der Waals surface area contributed by atoms with Gasteiger partial charge < -0.3 is 19.9 Å². The quantitative estimate of drug-likeness (QED) is 0.226. The molecule has 1 aliphatic rings. The number of aromatic nitrogens is 3. The number of hydrogen-bond acceptors (Lipinski definition) is 7. The molecule has 0 saturated carbocycles. The van der Waals surface area contributed by atoms with Gasteiger partial charge in [0.15, 0.2) is 0 Å². The highest BCUT2D eigenvalue weighted by Gasteiger charge is 2.33. The van der Waals surface area contributed by atoms with E-state index in [9.17, 15) is 19.5 Å². The van der Waals surface area contributed by atoms with Crippen LogP contribution in [0, 0.1) is 5.82 Å². The van der Waals surface area contributed by atoms with Crippen molar-refractivity contribution < 1.29 is 33.4 Å². The number of nitrogens with zero attached hydrogens (tertiary/aromatic N) is 4. The summed E-state index contributed by atoms with van der Waals surface area (Å²) < 4.78 is 25.8. The molecule has 2 heterocycles. The Bertz CT molecular complexity index is 1610. The van der Waals surface area contributed by atoms with E-state index in [-0.39, 0.29) is 25.5 Å². The maximum absolute atomic E-state index is 15.3. The van der Waals surface area contributed by atoms with Crippen molar-refractivity contribution >= 4 is 23.8 Å². The summed E-state index contributed by atoms with van der Waals surface area (Å²) in [4.78, 5) is 38.6. The fourth-order valence-corrected chi connectivity index (χ4v) is 5.04. The Morgan fingerprint density at radius 2 is 1.89 bits per heavy atom. The molecule has 44 heavy (non-hydrogen) atoms. The Morgan fingerprint density at radius 1 is 1.16 bits per heavy atom. The number of carbonyl (C=O) groups excluding carboxylic acids is 2. The van der Waals surface area contributed by atoms with Crippen LogP contribution in [0.25, 0.3) is 11.1 Å². The van der Waals surface area contributed by atoms with E-state index < -0.39 is 30.1 Å². The molecule has 0 aliphatic carbocycles. The molecule has 228 valence electrons. The molecule has 0 spiro atoms. The predicted molar refractivity (Wildman–Crippen MR) is 158 cm³/mol. The van der Waals surface area contributed by atoms with Crippen LogP contribution in [0.4, 0.5) is 19.7 Å². The molecule has 1 saturated heterocycles. The van der Waals surface area contributed by atoms with E-state index in [2.05, 4.69) is 20.7 Å². The third-order valence-corrected chi connectivity index (χ3v) is 7.34. The number of nitrogens with one attached hydrogen (secondary N) is 2. The number of anilines is 1. The van der Waals surface area contributed by atoms with Crippen molar-refractivity contribution in [2.24, 2.45) is 0 Å². The lowest BCUT2D eigenvalue weighted by Crippen LogP contribution is -2.34. The Labute approximate surface area is 252 Å². The van der Waals surface area contributed by atoms with Crippen LogP contribution in [0.3, 0.4) is 0 Å². The van der Waals surface area contributed by atoms with E-state index in [0.29, 0.717) is 40.2 Å². The number of halogens is 1. The Morgan fingerprint density at radius 3 is 2.50 bits per heavy atom. The number of carboxylic acid groups (broad SMARTS) is 1. The second kappa shape index (κ2) is 13.2. The van der Waals surface area contributed by atoms with Crippen molar-refractivity contribution in [2.75, 3.05) is 25.1 Å². The molecule has 1 fully saturated rings. The van der Waals surface area contributed by atoms with Gasteiger partial charge in [0, 0.05) is 19.0 Å². The van der Waals surface area contributed by atoms with Gasteiger partial charge in [0.1, 0.15) is 17.7 Å². The van der Waals surface area contributed by atoms with Gasteiger partial charge in [-0.25, -0.2) is 14.0 Å². The predicted octanol–water partition coefficient (Wildman–Crippen LogP) is 4.54. The second-order valence-electron chi connectivity index (χ2n) is 10.3. The summed E-state index contributed by atoms with van der Waals surface area (Å²) in [7, 11) is 1.58. The van der Waals surface area contributed by atoms with Gasteiger partial charge in [0.05, 0.1) is 43.8 Å². The van der Waals surface area contributed by atoms with E-state index in [1.165, 1.54) is 29.0 Å². The number of ether oxygens (including phenoxy) is 2. The summed E-state index contributed by atoms with van der Waals surface area (Å²) in [6.45, 7) is 1.79. The zero-order chi connectivity index (χ0) is 31.2. The van der Waals surface area contributed by atoms with Crippen molar-refractivity contribution in [1.82, 2.24) is 25.6 Å². The third-order valence-electron chi connectivity index (χ3n) is 7.34. The molecule has 1 aliphatic heterocycles. The van der Waals surface area contributed by atoms with Gasteiger partial charge in [0.2, 0.25) is 5.91 Å². The number of methoxy groups -OCH3 is 1. The summed E-state index contributed by atoms with van der Waals surface area (Å²) in [5.41, 5.74) is 3.39. The van der Waals surface area contributed by atoms with Gasteiger partial charge in [-0.1, -0.05) is 41.6 Å². The molecule has 0 radical (unpaired) electrons. The number of rotatable bonds is 11. The average molecular weight is 603 g/mol. The standard InChI is InChI=1S/C31H31FN6O6/c1-19(39)33-15-25-18-37(31(42)44-25)23-9-12-26(27(32)14-23)22-7-3-21(4-8-22)17-38(30(40)41)29(28-16-34-36-35-28)13-20-5-10-24(43-2)11-6-20/h3-12,14,16,25,29H,13,15,17-18H2,1-2H3,(H,33,39)(H,40,41)(H,34,35,36). The summed E-state index contributed by atoms with van der Waals surface area (Å²) in [6.07, 6.45) is -0.397. The first-order chi connectivity index (χ1) is 21.2. The zero-order valence-corrected chi connectivity index (χ0v) is 24.1. The van der Waals surface area contributed by atoms with E-state index in [1.54, 1.807) is 43.5 Å². The van der Waals surface area contributed by atoms with Gasteiger partial charge >= 0.3 is 12.2 Å². The Hall–Kier alpha value is -5.46. The van der Waals surface area contributed by atoms with Crippen LogP contribution in [0.1, 0.15) is 29.8 Å². The van der Waals surface area contributed by atoms with Crippen molar-refractivity contribution in [3.05, 3.63) is 95.6 Å². The molecule has 0 bridgehead atoms. The van der Waals surface area contributed by atoms with E-state index >= 15 is 4.39 Å². The summed E-state index contributed by atoms with van der Waals surface area (Å²) in [6, 6.07) is 18.2. The molecule has 4 aromatic rings. The molecule has 3 N–H and O–H groups in total. The molecule has 5 rings (SSSR count). The smallest absolute Gasteiger partial charge is 0.414 e. The van der Waals surface area contributed by atoms with E-state index in [4.69, 9.17) is 9.47 Å². The number of cyclic esters (lactones) is 1. The lowest BCUT2D eigenvalue weighted by molar-refractivity contribution is -0.119. The van der Waals surface area contributed by atoms with E-state index in [1.807, 2.05) is 24.3 Å². The molecule has 3 aromatic carbocycles. The lowest BCUT2D eigenvalue weighted by Gasteiger charge is -2.28. The van der Waals surface area contributed by atoms with Crippen LogP contribution in [-0.4, -0.2) is 69.8 Å². The third kappa shape index (κ3) is 6.94. The summed E-state index contributed by atoms with van der Waals surface area (Å²) in [5.74, 6) is -0.0763. The number of aromatic amines is 1. The summed E-state index contributed by atoms with van der Waals surface area (Å²) >= 11 is 0. The number of H-pyrrole nitrogens is 1. The SMILES string of the molecule is COc1ccc(CC(c2cnn[nH]2)N(Cc2ccc(-c3ccc(N4CC(CNC(C)=O)OC4=O)cc3F)cc2)C(=O)O)cc1. The number of carbonyl (C=O) groups is 3. The van der Waals surface area contributed by atoms with Crippen molar-refractivity contribution in [2.45, 2.75) is 32.0 Å². The van der Waals surface area contributed by atoms with Gasteiger partial charge in [-0.05, 0) is 53.4 Å². The van der Waals surface area contributed by atoms with E-state index in [0.717, 1.165) is 5.56 Å². The molecular weight excluding hydrogens is 571 g/mol. The minimum absolute atomic E-state index is 0.0631. The van der Waals surface area contributed by atoms with Gasteiger partial charge in [0.25, 0.3) is 0 Å². The minimum atomic E-state index is -1.12. The van der Waals surface area contributed by atoms with Gasteiger partial charge in [-0.2, -0.15) is 0 Å². The molecule has 12 nitrogen and oxygen atoms in total. The Kier molecular flexibility index (Phi) is 9.03. The first-order valence-electron chi connectivity index (χ1n) is 13.8. The van der Waals surface area contributed by atoms with Gasteiger partial charge in [-0.3, -0.25) is 19.7 Å². The first-order valence-corrected chi connectivity index (χ1v) is 13.8. The number of benzene rings is 3. The highest BCUT2D eigenvalue weighted by Crippen LogP contribution is 2.31. The largest absolute Gasteiger partial charge is 0.497 e. The number of hydrogen-bond donors (Lipinski definition) is 3. The van der Waals surface area contributed by atoms with Crippen LogP contribution in [0.15, 0.2) is 72.9 Å². The van der Waals surface area contributed by atoms with Crippen LogP contribution in [0.2, 0.25) is 0 Å². The second-order valence-corrected chi connectivity index (χ2v) is 10.3. The van der Waals surface area contributed by atoms with Crippen LogP contribution in [-0.2, 0) is 22.5 Å². The normalized spacial score (nSPS) is 15.0. The van der Waals surface area contributed by atoms with Crippen molar-refractivity contribution in [3.8, 4) is 16.9 Å². The molecular formula is C31H31FN6O6. The molecule has 13 heteroatoms. The topological polar surface area (TPSA) is 150 Å². The van der Waals surface area contributed by atoms with Crippen LogP contribution in [0.5, 0.6) is 5.75 Å². The zero-order valence-electron chi connectivity index (χ0n) is 24.1.